The SMILES string of the molecule is Cc1oc(CCN)nc1C1CCCSC1. The molecule has 0 radical (unpaired) electrons. The van der Waals surface area contributed by atoms with Crippen molar-refractivity contribution < 1.29 is 4.42 Å². The molecular weight excluding hydrogens is 208 g/mol. The normalized spacial score (nSPS) is 21.9. The molecule has 4 heteroatoms. The molecule has 0 saturated carbocycles. The van der Waals surface area contributed by atoms with Gasteiger partial charge in [0.2, 0.25) is 0 Å². The van der Waals surface area contributed by atoms with E-state index in [1.54, 1.807) is 0 Å². The summed E-state index contributed by atoms with van der Waals surface area (Å²) in [5, 5.41) is 0. The molecule has 0 aromatic carbocycles. The van der Waals surface area contributed by atoms with E-state index < -0.39 is 0 Å². The van der Waals surface area contributed by atoms with E-state index in [1.807, 2.05) is 18.7 Å². The Kier molecular flexibility index (Phi) is 3.70. The van der Waals surface area contributed by atoms with Crippen LogP contribution in [0.25, 0.3) is 0 Å². The van der Waals surface area contributed by atoms with Gasteiger partial charge in [0, 0.05) is 24.6 Å². The van der Waals surface area contributed by atoms with Crippen LogP contribution in [0, 0.1) is 6.92 Å². The van der Waals surface area contributed by atoms with E-state index in [9.17, 15) is 0 Å². The molecule has 3 nitrogen and oxygen atoms in total. The van der Waals surface area contributed by atoms with E-state index in [0.717, 1.165) is 18.1 Å². The molecule has 0 aliphatic carbocycles. The summed E-state index contributed by atoms with van der Waals surface area (Å²) in [7, 11) is 0. The fourth-order valence-corrected chi connectivity index (χ4v) is 3.18. The topological polar surface area (TPSA) is 52.0 Å². The molecule has 0 bridgehead atoms. The van der Waals surface area contributed by atoms with Crippen LogP contribution in [0.15, 0.2) is 4.42 Å². The second-order valence-electron chi connectivity index (χ2n) is 4.00. The Bertz CT molecular complexity index is 318. The molecule has 0 amide bonds. The lowest BCUT2D eigenvalue weighted by Gasteiger charge is -2.19. The predicted molar refractivity (Wildman–Crippen MR) is 63.3 cm³/mol. The minimum atomic E-state index is 0.596. The minimum Gasteiger partial charge on any atom is -0.446 e. The highest BCUT2D eigenvalue weighted by molar-refractivity contribution is 7.99. The summed E-state index contributed by atoms with van der Waals surface area (Å²) >= 11 is 2.02. The predicted octanol–water partition coefficient (Wildman–Crippen LogP) is 2.09. The molecule has 1 aliphatic heterocycles. The van der Waals surface area contributed by atoms with Crippen molar-refractivity contribution in [1.29, 1.82) is 0 Å². The fourth-order valence-electron chi connectivity index (χ4n) is 2.03. The van der Waals surface area contributed by atoms with Gasteiger partial charge < -0.3 is 10.2 Å². The maximum absolute atomic E-state index is 5.61. The number of nitrogens with zero attached hydrogens (tertiary/aromatic N) is 1. The second kappa shape index (κ2) is 5.03. The second-order valence-corrected chi connectivity index (χ2v) is 5.15. The van der Waals surface area contributed by atoms with Crippen LogP contribution in [0.1, 0.15) is 36.1 Å². The van der Waals surface area contributed by atoms with Gasteiger partial charge in [-0.15, -0.1) is 0 Å². The standard InChI is InChI=1S/C11H18N2OS/c1-8-11(9-3-2-6-15-7-9)13-10(14-8)4-5-12/h9H,2-7,12H2,1H3. The molecule has 1 aromatic heterocycles. The molecule has 0 spiro atoms. The summed E-state index contributed by atoms with van der Waals surface area (Å²) in [6.07, 6.45) is 3.30. The van der Waals surface area contributed by atoms with Crippen molar-refractivity contribution in [2.24, 2.45) is 5.73 Å². The lowest BCUT2D eigenvalue weighted by molar-refractivity contribution is 0.470. The number of hydrogen-bond acceptors (Lipinski definition) is 4. The number of hydrogen-bond donors (Lipinski definition) is 1. The Labute approximate surface area is 94.8 Å². The van der Waals surface area contributed by atoms with Gasteiger partial charge in [-0.2, -0.15) is 11.8 Å². The highest BCUT2D eigenvalue weighted by Gasteiger charge is 2.22. The fraction of sp³-hybridized carbons (Fsp3) is 0.727. The van der Waals surface area contributed by atoms with Gasteiger partial charge in [0.25, 0.3) is 0 Å². The number of rotatable bonds is 3. The third-order valence-corrected chi connectivity index (χ3v) is 4.00. The van der Waals surface area contributed by atoms with Gasteiger partial charge in [0.1, 0.15) is 5.76 Å². The smallest absolute Gasteiger partial charge is 0.195 e. The van der Waals surface area contributed by atoms with Crippen molar-refractivity contribution in [2.75, 3.05) is 18.1 Å². The zero-order valence-corrected chi connectivity index (χ0v) is 9.98. The zero-order chi connectivity index (χ0) is 10.7. The highest BCUT2D eigenvalue weighted by atomic mass is 32.2. The maximum atomic E-state index is 5.61. The van der Waals surface area contributed by atoms with Gasteiger partial charge in [-0.05, 0) is 25.5 Å². The first-order valence-electron chi connectivity index (χ1n) is 5.55. The molecular formula is C11H18N2OS. The molecule has 15 heavy (non-hydrogen) atoms. The van der Waals surface area contributed by atoms with Gasteiger partial charge in [0.15, 0.2) is 5.89 Å². The minimum absolute atomic E-state index is 0.596. The van der Waals surface area contributed by atoms with E-state index >= 15 is 0 Å². The Morgan fingerprint density at radius 1 is 1.60 bits per heavy atom. The van der Waals surface area contributed by atoms with Gasteiger partial charge in [-0.1, -0.05) is 0 Å². The number of aromatic nitrogens is 1. The van der Waals surface area contributed by atoms with Crippen molar-refractivity contribution in [3.63, 3.8) is 0 Å². The number of aryl methyl sites for hydroxylation is 1. The van der Waals surface area contributed by atoms with Crippen molar-refractivity contribution in [1.82, 2.24) is 4.98 Å². The average Bonchev–Trinajstić information content (AvgIpc) is 2.61. The van der Waals surface area contributed by atoms with E-state index in [2.05, 4.69) is 4.98 Å². The van der Waals surface area contributed by atoms with Gasteiger partial charge in [-0.3, -0.25) is 0 Å². The first-order valence-corrected chi connectivity index (χ1v) is 6.70. The molecule has 84 valence electrons. The van der Waals surface area contributed by atoms with Crippen LogP contribution in [0.4, 0.5) is 0 Å². The number of thioether (sulfide) groups is 1. The molecule has 1 fully saturated rings. The van der Waals surface area contributed by atoms with Crippen LogP contribution in [0.5, 0.6) is 0 Å². The molecule has 2 heterocycles. The summed E-state index contributed by atoms with van der Waals surface area (Å²) in [6.45, 7) is 2.63. The molecule has 2 rings (SSSR count). The number of oxazole rings is 1. The van der Waals surface area contributed by atoms with Gasteiger partial charge >= 0.3 is 0 Å². The van der Waals surface area contributed by atoms with Gasteiger partial charge in [-0.25, -0.2) is 4.98 Å². The zero-order valence-electron chi connectivity index (χ0n) is 9.16. The Balaban J connectivity index is 2.11. The van der Waals surface area contributed by atoms with Crippen molar-refractivity contribution in [3.8, 4) is 0 Å². The van der Waals surface area contributed by atoms with Crippen molar-refractivity contribution in [2.45, 2.75) is 32.1 Å². The van der Waals surface area contributed by atoms with Crippen LogP contribution in [0.3, 0.4) is 0 Å². The Morgan fingerprint density at radius 3 is 3.13 bits per heavy atom. The number of nitrogens with two attached hydrogens (primary N) is 1. The van der Waals surface area contributed by atoms with E-state index in [1.165, 1.54) is 30.0 Å². The monoisotopic (exact) mass is 226 g/mol. The summed E-state index contributed by atoms with van der Waals surface area (Å²) < 4.78 is 5.61. The first-order chi connectivity index (χ1) is 7.31. The third kappa shape index (κ3) is 2.55. The van der Waals surface area contributed by atoms with Crippen LogP contribution in [-0.4, -0.2) is 23.0 Å². The molecule has 1 atom stereocenters. The molecule has 2 N–H and O–H groups in total. The quantitative estimate of drug-likeness (QED) is 0.857. The largest absolute Gasteiger partial charge is 0.446 e. The molecule has 1 unspecified atom stereocenters. The van der Waals surface area contributed by atoms with Crippen LogP contribution < -0.4 is 5.73 Å². The third-order valence-electron chi connectivity index (χ3n) is 2.78. The lowest BCUT2D eigenvalue weighted by atomic mass is 10.0. The van der Waals surface area contributed by atoms with Crippen LogP contribution >= 0.6 is 11.8 Å². The molecule has 1 saturated heterocycles. The summed E-state index contributed by atoms with van der Waals surface area (Å²) in [6, 6.07) is 0. The average molecular weight is 226 g/mol. The summed E-state index contributed by atoms with van der Waals surface area (Å²) in [4.78, 5) is 4.56. The summed E-state index contributed by atoms with van der Waals surface area (Å²) in [5.41, 5.74) is 6.67. The molecule has 1 aromatic rings. The summed E-state index contributed by atoms with van der Waals surface area (Å²) in [5.74, 6) is 4.88. The van der Waals surface area contributed by atoms with Gasteiger partial charge in [0.05, 0.1) is 5.69 Å². The Hall–Kier alpha value is -0.480. The lowest BCUT2D eigenvalue weighted by Crippen LogP contribution is -2.10. The van der Waals surface area contributed by atoms with Crippen molar-refractivity contribution >= 4 is 11.8 Å². The van der Waals surface area contributed by atoms with E-state index in [-0.39, 0.29) is 0 Å². The first kappa shape index (κ1) is 11.0. The van der Waals surface area contributed by atoms with Crippen LogP contribution in [-0.2, 0) is 6.42 Å². The highest BCUT2D eigenvalue weighted by Crippen LogP contribution is 2.32. The Morgan fingerprint density at radius 2 is 2.47 bits per heavy atom. The maximum Gasteiger partial charge on any atom is 0.195 e. The van der Waals surface area contributed by atoms with Crippen molar-refractivity contribution in [3.05, 3.63) is 17.3 Å². The van der Waals surface area contributed by atoms with E-state index in [0.29, 0.717) is 12.5 Å². The van der Waals surface area contributed by atoms with E-state index in [4.69, 9.17) is 10.2 Å². The molecule has 1 aliphatic rings. The van der Waals surface area contributed by atoms with Crippen LogP contribution in [0.2, 0.25) is 0 Å².